The number of carboxylic acid groups (broad SMARTS) is 1. The highest BCUT2D eigenvalue weighted by Crippen LogP contribution is 2.20. The predicted octanol–water partition coefficient (Wildman–Crippen LogP) is 1.50. The molecule has 0 bridgehead atoms. The van der Waals surface area contributed by atoms with E-state index >= 15 is 0 Å². The maximum atomic E-state index is 13.3. The van der Waals surface area contributed by atoms with E-state index < -0.39 is 12.0 Å². The molecule has 5 heteroatoms. The van der Waals surface area contributed by atoms with Crippen LogP contribution in [0.4, 0.5) is 4.39 Å². The fourth-order valence-electron chi connectivity index (χ4n) is 1.18. The quantitative estimate of drug-likeness (QED) is 0.768. The Morgan fingerprint density at radius 3 is 2.80 bits per heavy atom. The molecule has 0 aliphatic carbocycles. The van der Waals surface area contributed by atoms with Crippen molar-refractivity contribution in [2.75, 3.05) is 6.26 Å². The maximum Gasteiger partial charge on any atom is 0.320 e. The van der Waals surface area contributed by atoms with Gasteiger partial charge in [-0.05, 0) is 30.4 Å². The van der Waals surface area contributed by atoms with E-state index in [0.29, 0.717) is 10.5 Å². The Kier molecular flexibility index (Phi) is 4.11. The molecule has 0 fully saturated rings. The zero-order valence-corrected chi connectivity index (χ0v) is 9.05. The topological polar surface area (TPSA) is 63.3 Å². The number of carbonyl (C=O) groups is 1. The molecule has 1 aromatic carbocycles. The minimum atomic E-state index is -1.08. The van der Waals surface area contributed by atoms with Crippen molar-refractivity contribution < 1.29 is 14.3 Å². The Balaban J connectivity index is 2.79. The highest BCUT2D eigenvalue weighted by atomic mass is 32.2. The molecule has 1 rings (SSSR count). The number of hydrogen-bond acceptors (Lipinski definition) is 3. The molecular weight excluding hydrogens is 217 g/mol. The van der Waals surface area contributed by atoms with Crippen LogP contribution in [0.1, 0.15) is 5.56 Å². The van der Waals surface area contributed by atoms with Crippen LogP contribution in [0.2, 0.25) is 0 Å². The monoisotopic (exact) mass is 229 g/mol. The molecule has 1 unspecified atom stereocenters. The summed E-state index contributed by atoms with van der Waals surface area (Å²) in [6, 6.07) is 3.67. The SMILES string of the molecule is CSc1ccc(CC(N)C(=O)O)cc1F. The lowest BCUT2D eigenvalue weighted by Crippen LogP contribution is -2.32. The fraction of sp³-hybridized carbons (Fsp3) is 0.300. The molecule has 82 valence electrons. The van der Waals surface area contributed by atoms with E-state index in [4.69, 9.17) is 10.8 Å². The Morgan fingerprint density at radius 2 is 2.33 bits per heavy atom. The third-order valence-electron chi connectivity index (χ3n) is 1.99. The first kappa shape index (κ1) is 12.0. The second-order valence-electron chi connectivity index (χ2n) is 3.12. The van der Waals surface area contributed by atoms with Gasteiger partial charge in [0.1, 0.15) is 11.9 Å². The van der Waals surface area contributed by atoms with Gasteiger partial charge in [-0.25, -0.2) is 4.39 Å². The normalized spacial score (nSPS) is 12.5. The van der Waals surface area contributed by atoms with Gasteiger partial charge >= 0.3 is 5.97 Å². The van der Waals surface area contributed by atoms with Crippen LogP contribution in [0.15, 0.2) is 23.1 Å². The van der Waals surface area contributed by atoms with E-state index in [9.17, 15) is 9.18 Å². The number of benzene rings is 1. The number of hydrogen-bond donors (Lipinski definition) is 2. The molecular formula is C10H12FNO2S. The summed E-state index contributed by atoms with van der Waals surface area (Å²) in [6.45, 7) is 0. The zero-order valence-electron chi connectivity index (χ0n) is 8.24. The number of halogens is 1. The predicted molar refractivity (Wildman–Crippen MR) is 57.5 cm³/mol. The summed E-state index contributed by atoms with van der Waals surface area (Å²) in [5.41, 5.74) is 5.94. The molecule has 0 aliphatic heterocycles. The molecule has 0 amide bonds. The van der Waals surface area contributed by atoms with Gasteiger partial charge in [0, 0.05) is 4.90 Å². The molecule has 0 spiro atoms. The van der Waals surface area contributed by atoms with Crippen LogP contribution >= 0.6 is 11.8 Å². The lowest BCUT2D eigenvalue weighted by Gasteiger charge is -2.07. The largest absolute Gasteiger partial charge is 0.480 e. The molecule has 0 radical (unpaired) electrons. The Bertz CT molecular complexity index is 370. The summed E-state index contributed by atoms with van der Waals surface area (Å²) in [6.07, 6.45) is 1.92. The van der Waals surface area contributed by atoms with Crippen LogP contribution in [0.25, 0.3) is 0 Å². The van der Waals surface area contributed by atoms with Gasteiger partial charge in [-0.3, -0.25) is 4.79 Å². The number of rotatable bonds is 4. The summed E-state index contributed by atoms with van der Waals surface area (Å²) in [5, 5.41) is 8.59. The highest BCUT2D eigenvalue weighted by Gasteiger charge is 2.13. The van der Waals surface area contributed by atoms with Crippen molar-refractivity contribution in [3.63, 3.8) is 0 Å². The molecule has 15 heavy (non-hydrogen) atoms. The van der Waals surface area contributed by atoms with Gasteiger partial charge in [0.15, 0.2) is 0 Å². The fourth-order valence-corrected chi connectivity index (χ4v) is 1.64. The van der Waals surface area contributed by atoms with E-state index in [1.807, 2.05) is 0 Å². The van der Waals surface area contributed by atoms with E-state index in [0.717, 1.165) is 0 Å². The van der Waals surface area contributed by atoms with E-state index in [1.54, 1.807) is 18.4 Å². The van der Waals surface area contributed by atoms with Crippen molar-refractivity contribution in [2.45, 2.75) is 17.4 Å². The minimum absolute atomic E-state index is 0.140. The molecule has 0 saturated carbocycles. The molecule has 3 nitrogen and oxygen atoms in total. The Morgan fingerprint density at radius 1 is 1.67 bits per heavy atom. The van der Waals surface area contributed by atoms with Crippen LogP contribution in [0, 0.1) is 5.82 Å². The standard InChI is InChI=1S/C10H12FNO2S/c1-15-9-3-2-6(4-7(9)11)5-8(12)10(13)14/h2-4,8H,5,12H2,1H3,(H,13,14). The molecule has 1 atom stereocenters. The lowest BCUT2D eigenvalue weighted by molar-refractivity contribution is -0.138. The van der Waals surface area contributed by atoms with Crippen LogP contribution in [-0.4, -0.2) is 23.4 Å². The summed E-state index contributed by atoms with van der Waals surface area (Å²) in [7, 11) is 0. The van der Waals surface area contributed by atoms with Gasteiger partial charge in [0.05, 0.1) is 0 Å². The highest BCUT2D eigenvalue weighted by molar-refractivity contribution is 7.98. The van der Waals surface area contributed by atoms with Crippen LogP contribution in [-0.2, 0) is 11.2 Å². The Hall–Kier alpha value is -1.07. The summed E-state index contributed by atoms with van der Waals surface area (Å²) in [4.78, 5) is 11.0. The van der Waals surface area contributed by atoms with Gasteiger partial charge in [0.2, 0.25) is 0 Å². The van der Waals surface area contributed by atoms with Crippen LogP contribution in [0.5, 0.6) is 0 Å². The van der Waals surface area contributed by atoms with Crippen molar-refractivity contribution in [2.24, 2.45) is 5.73 Å². The van der Waals surface area contributed by atoms with Crippen LogP contribution in [0.3, 0.4) is 0 Å². The summed E-state index contributed by atoms with van der Waals surface area (Å²) < 4.78 is 13.3. The van der Waals surface area contributed by atoms with E-state index in [1.165, 1.54) is 17.8 Å². The van der Waals surface area contributed by atoms with E-state index in [-0.39, 0.29) is 12.2 Å². The second-order valence-corrected chi connectivity index (χ2v) is 3.97. The van der Waals surface area contributed by atoms with Crippen molar-refractivity contribution in [1.82, 2.24) is 0 Å². The third kappa shape index (κ3) is 3.21. The zero-order chi connectivity index (χ0) is 11.4. The van der Waals surface area contributed by atoms with Crippen LogP contribution < -0.4 is 5.73 Å². The molecule has 3 N–H and O–H groups in total. The first-order valence-electron chi connectivity index (χ1n) is 4.35. The van der Waals surface area contributed by atoms with Crippen molar-refractivity contribution >= 4 is 17.7 Å². The maximum absolute atomic E-state index is 13.3. The molecule has 0 aromatic heterocycles. The molecule has 1 aromatic rings. The number of carboxylic acids is 1. The van der Waals surface area contributed by atoms with Gasteiger partial charge in [-0.15, -0.1) is 11.8 Å². The molecule has 0 saturated heterocycles. The number of aliphatic carboxylic acids is 1. The first-order chi connectivity index (χ1) is 7.04. The lowest BCUT2D eigenvalue weighted by atomic mass is 10.1. The molecule has 0 aliphatic rings. The van der Waals surface area contributed by atoms with Gasteiger partial charge in [-0.2, -0.15) is 0 Å². The van der Waals surface area contributed by atoms with Gasteiger partial charge in [-0.1, -0.05) is 6.07 Å². The smallest absolute Gasteiger partial charge is 0.320 e. The van der Waals surface area contributed by atoms with Crippen molar-refractivity contribution in [3.05, 3.63) is 29.6 Å². The summed E-state index contributed by atoms with van der Waals surface area (Å²) in [5.74, 6) is -1.41. The second kappa shape index (κ2) is 5.14. The first-order valence-corrected chi connectivity index (χ1v) is 5.58. The van der Waals surface area contributed by atoms with Crippen molar-refractivity contribution in [3.8, 4) is 0 Å². The van der Waals surface area contributed by atoms with E-state index in [2.05, 4.69) is 0 Å². The number of thioether (sulfide) groups is 1. The number of nitrogens with two attached hydrogens (primary N) is 1. The van der Waals surface area contributed by atoms with Crippen molar-refractivity contribution in [1.29, 1.82) is 0 Å². The average Bonchev–Trinajstić information content (AvgIpc) is 2.18. The minimum Gasteiger partial charge on any atom is -0.480 e. The molecule has 0 heterocycles. The Labute approximate surface area is 91.5 Å². The van der Waals surface area contributed by atoms with Gasteiger partial charge < -0.3 is 10.8 Å². The third-order valence-corrected chi connectivity index (χ3v) is 2.76. The summed E-state index contributed by atoms with van der Waals surface area (Å²) >= 11 is 1.31. The van der Waals surface area contributed by atoms with Gasteiger partial charge in [0.25, 0.3) is 0 Å². The average molecular weight is 229 g/mol.